The van der Waals surface area contributed by atoms with E-state index >= 15 is 0 Å². The lowest BCUT2D eigenvalue weighted by molar-refractivity contribution is 0.167. The van der Waals surface area contributed by atoms with Crippen LogP contribution in [0.3, 0.4) is 0 Å². The van der Waals surface area contributed by atoms with E-state index < -0.39 is 0 Å². The van der Waals surface area contributed by atoms with Gasteiger partial charge in [0.25, 0.3) is 0 Å². The Labute approximate surface area is 180 Å². The molecule has 1 saturated heterocycles. The number of ether oxygens (including phenoxy) is 1. The molecule has 0 radical (unpaired) electrons. The molecule has 1 aliphatic heterocycles. The van der Waals surface area contributed by atoms with Crippen LogP contribution in [0.1, 0.15) is 23.1 Å². The van der Waals surface area contributed by atoms with Crippen LogP contribution in [0.5, 0.6) is 5.75 Å². The van der Waals surface area contributed by atoms with Crippen molar-refractivity contribution in [2.75, 3.05) is 26.7 Å². The maximum absolute atomic E-state index is 5.31. The fraction of sp³-hybridized carbons (Fsp3) is 0.333. The molecule has 1 aliphatic rings. The highest BCUT2D eigenvalue weighted by atomic mass is 16.5. The van der Waals surface area contributed by atoms with E-state index in [4.69, 9.17) is 4.74 Å². The lowest BCUT2D eigenvalue weighted by atomic mass is 10.0. The van der Waals surface area contributed by atoms with E-state index in [0.717, 1.165) is 44.9 Å². The summed E-state index contributed by atoms with van der Waals surface area (Å²) in [6.07, 6.45) is 2.29. The van der Waals surface area contributed by atoms with Crippen molar-refractivity contribution in [2.24, 2.45) is 0 Å². The first-order valence-corrected chi connectivity index (χ1v) is 11.0. The largest absolute Gasteiger partial charge is 0.497 e. The second-order valence-electron chi connectivity index (χ2n) is 8.24. The lowest BCUT2D eigenvalue weighted by Gasteiger charge is -2.32. The lowest BCUT2D eigenvalue weighted by Crippen LogP contribution is -2.42. The molecule has 0 N–H and O–H groups in total. The van der Waals surface area contributed by atoms with Gasteiger partial charge in [-0.2, -0.15) is 0 Å². The second kappa shape index (κ2) is 10.4. The van der Waals surface area contributed by atoms with Crippen molar-refractivity contribution < 1.29 is 4.74 Å². The van der Waals surface area contributed by atoms with E-state index in [-0.39, 0.29) is 0 Å². The monoisotopic (exact) mass is 400 g/mol. The topological polar surface area (TPSA) is 15.7 Å². The Balaban J connectivity index is 1.49. The molecule has 4 rings (SSSR count). The standard InChI is InChI=1S/C27H32N2O/c1-30-27-15-13-25(14-16-27)20-28-17-8-18-29(21-24-11-6-3-7-12-24)26(22-28)19-23-9-4-2-5-10-23/h2-7,9-16,26H,8,17-22H2,1H3/t26-/m1/s1. The van der Waals surface area contributed by atoms with Gasteiger partial charge in [-0.25, -0.2) is 0 Å². The maximum Gasteiger partial charge on any atom is 0.118 e. The van der Waals surface area contributed by atoms with Crippen molar-refractivity contribution in [3.05, 3.63) is 102 Å². The summed E-state index contributed by atoms with van der Waals surface area (Å²) in [5.74, 6) is 0.922. The summed E-state index contributed by atoms with van der Waals surface area (Å²) in [5.41, 5.74) is 4.18. The van der Waals surface area contributed by atoms with E-state index in [0.29, 0.717) is 6.04 Å². The Morgan fingerprint density at radius 2 is 1.37 bits per heavy atom. The fourth-order valence-electron chi connectivity index (χ4n) is 4.42. The van der Waals surface area contributed by atoms with Gasteiger partial charge < -0.3 is 4.74 Å². The molecule has 0 aromatic heterocycles. The molecule has 0 spiro atoms. The average molecular weight is 401 g/mol. The third kappa shape index (κ3) is 5.71. The maximum atomic E-state index is 5.31. The molecule has 3 heteroatoms. The Morgan fingerprint density at radius 3 is 2.03 bits per heavy atom. The first-order valence-electron chi connectivity index (χ1n) is 11.0. The third-order valence-electron chi connectivity index (χ3n) is 6.01. The summed E-state index contributed by atoms with van der Waals surface area (Å²) >= 11 is 0. The second-order valence-corrected chi connectivity index (χ2v) is 8.24. The zero-order valence-corrected chi connectivity index (χ0v) is 17.9. The Hall–Kier alpha value is -2.62. The van der Waals surface area contributed by atoms with Crippen LogP contribution in [0.15, 0.2) is 84.9 Å². The Kier molecular flexibility index (Phi) is 7.17. The predicted octanol–water partition coefficient (Wildman–Crippen LogP) is 5.01. The van der Waals surface area contributed by atoms with Gasteiger partial charge >= 0.3 is 0 Å². The van der Waals surface area contributed by atoms with E-state index in [1.165, 1.54) is 23.1 Å². The van der Waals surface area contributed by atoms with Crippen LogP contribution in [0.2, 0.25) is 0 Å². The average Bonchev–Trinajstić information content (AvgIpc) is 2.97. The van der Waals surface area contributed by atoms with E-state index in [2.05, 4.69) is 94.7 Å². The quantitative estimate of drug-likeness (QED) is 0.554. The van der Waals surface area contributed by atoms with Gasteiger partial charge in [-0.05, 0) is 48.2 Å². The highest BCUT2D eigenvalue weighted by Gasteiger charge is 2.25. The van der Waals surface area contributed by atoms with Crippen molar-refractivity contribution in [3.8, 4) is 5.75 Å². The van der Waals surface area contributed by atoms with E-state index in [1.807, 2.05) is 0 Å². The van der Waals surface area contributed by atoms with Crippen molar-refractivity contribution >= 4 is 0 Å². The number of rotatable bonds is 7. The minimum Gasteiger partial charge on any atom is -0.497 e. The summed E-state index contributed by atoms with van der Waals surface area (Å²) in [7, 11) is 1.72. The zero-order chi connectivity index (χ0) is 20.6. The normalized spacial score (nSPS) is 18.1. The number of nitrogens with zero attached hydrogens (tertiary/aromatic N) is 2. The van der Waals surface area contributed by atoms with Crippen molar-refractivity contribution in [3.63, 3.8) is 0 Å². The summed E-state index contributed by atoms with van der Waals surface area (Å²) in [4.78, 5) is 5.32. The Morgan fingerprint density at radius 1 is 0.733 bits per heavy atom. The molecule has 0 aliphatic carbocycles. The van der Waals surface area contributed by atoms with Gasteiger partial charge in [0.1, 0.15) is 5.75 Å². The van der Waals surface area contributed by atoms with Gasteiger partial charge in [-0.1, -0.05) is 72.8 Å². The van der Waals surface area contributed by atoms with Crippen LogP contribution in [-0.4, -0.2) is 42.6 Å². The molecular weight excluding hydrogens is 368 g/mol. The molecule has 0 amide bonds. The van der Waals surface area contributed by atoms with Crippen LogP contribution >= 0.6 is 0 Å². The first-order chi connectivity index (χ1) is 14.8. The van der Waals surface area contributed by atoms with Gasteiger partial charge in [-0.3, -0.25) is 9.80 Å². The number of methoxy groups -OCH3 is 1. The molecule has 30 heavy (non-hydrogen) atoms. The zero-order valence-electron chi connectivity index (χ0n) is 17.9. The summed E-state index contributed by atoms with van der Waals surface area (Å²) < 4.78 is 5.31. The molecule has 1 heterocycles. The molecule has 0 bridgehead atoms. The minimum absolute atomic E-state index is 0.508. The van der Waals surface area contributed by atoms with Gasteiger partial charge in [0.2, 0.25) is 0 Å². The molecule has 3 aromatic rings. The van der Waals surface area contributed by atoms with Gasteiger partial charge in [-0.15, -0.1) is 0 Å². The molecule has 1 fully saturated rings. The third-order valence-corrected chi connectivity index (χ3v) is 6.01. The minimum atomic E-state index is 0.508. The summed E-state index contributed by atoms with van der Waals surface area (Å²) in [6.45, 7) is 5.39. The molecule has 0 unspecified atom stereocenters. The fourth-order valence-corrected chi connectivity index (χ4v) is 4.42. The SMILES string of the molecule is COc1ccc(CN2CCCN(Cc3ccccc3)[C@H](Cc3ccccc3)C2)cc1. The Bertz CT molecular complexity index is 880. The summed E-state index contributed by atoms with van der Waals surface area (Å²) in [6, 6.07) is 30.9. The molecule has 156 valence electrons. The van der Waals surface area contributed by atoms with Crippen molar-refractivity contribution in [2.45, 2.75) is 32.0 Å². The van der Waals surface area contributed by atoms with Crippen LogP contribution in [0, 0.1) is 0 Å². The van der Waals surface area contributed by atoms with Crippen LogP contribution in [0.25, 0.3) is 0 Å². The van der Waals surface area contributed by atoms with Gasteiger partial charge in [0, 0.05) is 32.2 Å². The van der Waals surface area contributed by atoms with Gasteiger partial charge in [0.15, 0.2) is 0 Å². The highest BCUT2D eigenvalue weighted by molar-refractivity contribution is 5.27. The van der Waals surface area contributed by atoms with Crippen molar-refractivity contribution in [1.82, 2.24) is 9.80 Å². The molecule has 1 atom stereocenters. The number of benzene rings is 3. The van der Waals surface area contributed by atoms with E-state index in [1.54, 1.807) is 7.11 Å². The van der Waals surface area contributed by atoms with Crippen LogP contribution < -0.4 is 4.74 Å². The molecule has 0 saturated carbocycles. The highest BCUT2D eigenvalue weighted by Crippen LogP contribution is 2.20. The summed E-state index contributed by atoms with van der Waals surface area (Å²) in [5, 5.41) is 0. The molecular formula is C27H32N2O. The van der Waals surface area contributed by atoms with Gasteiger partial charge in [0.05, 0.1) is 7.11 Å². The number of hydrogen-bond donors (Lipinski definition) is 0. The first kappa shape index (κ1) is 20.6. The van der Waals surface area contributed by atoms with Crippen LogP contribution in [-0.2, 0) is 19.5 Å². The molecule has 3 aromatic carbocycles. The van der Waals surface area contributed by atoms with E-state index in [9.17, 15) is 0 Å². The van der Waals surface area contributed by atoms with Crippen molar-refractivity contribution in [1.29, 1.82) is 0 Å². The predicted molar refractivity (Wildman–Crippen MR) is 124 cm³/mol. The molecule has 3 nitrogen and oxygen atoms in total. The number of hydrogen-bond acceptors (Lipinski definition) is 3. The van der Waals surface area contributed by atoms with Crippen LogP contribution in [0.4, 0.5) is 0 Å². The smallest absolute Gasteiger partial charge is 0.118 e.